The van der Waals surface area contributed by atoms with Crippen LogP contribution in [0.15, 0.2) is 30.3 Å². The minimum atomic E-state index is -0.356. The molecule has 0 saturated heterocycles. The van der Waals surface area contributed by atoms with Crippen molar-refractivity contribution in [2.75, 3.05) is 6.61 Å². The summed E-state index contributed by atoms with van der Waals surface area (Å²) in [6.45, 7) is 10.7. The molecular weight excluding hydrogens is 310 g/mol. The number of hydrogen-bond donors (Lipinski definition) is 1. The number of nitrogens with one attached hydrogen (secondary N) is 1. The molecule has 0 bridgehead atoms. The third-order valence-corrected chi connectivity index (χ3v) is 4.53. The molecule has 0 fully saturated rings. The summed E-state index contributed by atoms with van der Waals surface area (Å²) in [5.74, 6) is 0.0861. The fraction of sp³-hybridized carbons (Fsp3) is 0.682. The molecule has 0 radical (unpaired) electrons. The van der Waals surface area contributed by atoms with E-state index in [0.29, 0.717) is 0 Å². The van der Waals surface area contributed by atoms with Crippen LogP contribution in [0.1, 0.15) is 72.3 Å². The van der Waals surface area contributed by atoms with Crippen LogP contribution in [0.4, 0.5) is 0 Å². The van der Waals surface area contributed by atoms with Crippen molar-refractivity contribution < 1.29 is 9.53 Å². The second-order valence-corrected chi connectivity index (χ2v) is 7.98. The molecular formula is C22H37NO2. The van der Waals surface area contributed by atoms with E-state index in [2.05, 4.69) is 42.6 Å². The van der Waals surface area contributed by atoms with Gasteiger partial charge in [0.15, 0.2) is 0 Å². The number of amides is 1. The molecule has 3 heteroatoms. The monoisotopic (exact) mass is 347 g/mol. The third-order valence-electron chi connectivity index (χ3n) is 4.53. The second kappa shape index (κ2) is 11.3. The summed E-state index contributed by atoms with van der Waals surface area (Å²) in [5.41, 5.74) is 1.07. The largest absolute Gasteiger partial charge is 0.376 e. The van der Waals surface area contributed by atoms with Crippen molar-refractivity contribution in [1.29, 1.82) is 0 Å². The summed E-state index contributed by atoms with van der Waals surface area (Å²) >= 11 is 0. The van der Waals surface area contributed by atoms with E-state index in [-0.39, 0.29) is 23.5 Å². The Labute approximate surface area is 154 Å². The van der Waals surface area contributed by atoms with Gasteiger partial charge < -0.3 is 10.1 Å². The van der Waals surface area contributed by atoms with E-state index in [0.717, 1.165) is 25.9 Å². The van der Waals surface area contributed by atoms with Crippen LogP contribution in [0.25, 0.3) is 0 Å². The smallest absolute Gasteiger partial charge is 0.225 e. The maximum atomic E-state index is 12.1. The van der Waals surface area contributed by atoms with E-state index in [1.54, 1.807) is 0 Å². The number of aryl methyl sites for hydroxylation is 1. The standard InChI is InChI=1S/C22H37NO2/c1-6-20(18(2)23-21(24)22(3,4)5)25-17-13-8-7-10-14-19-15-11-9-12-16-19/h9,11-12,15-16,18,20H,6-8,10,13-14,17H2,1-5H3,(H,23,24). The van der Waals surface area contributed by atoms with Crippen LogP contribution < -0.4 is 5.32 Å². The van der Waals surface area contributed by atoms with Crippen LogP contribution in [0.5, 0.6) is 0 Å². The van der Waals surface area contributed by atoms with Gasteiger partial charge in [-0.25, -0.2) is 0 Å². The van der Waals surface area contributed by atoms with E-state index in [9.17, 15) is 4.79 Å². The SMILES string of the molecule is CCC(OCCCCCCc1ccccc1)C(C)NC(=O)C(C)(C)C. The first-order valence-electron chi connectivity index (χ1n) is 9.81. The van der Waals surface area contributed by atoms with E-state index in [1.807, 2.05) is 27.7 Å². The summed E-state index contributed by atoms with van der Waals surface area (Å²) in [6, 6.07) is 10.7. The predicted octanol–water partition coefficient (Wildman–Crippen LogP) is 5.14. The summed E-state index contributed by atoms with van der Waals surface area (Å²) < 4.78 is 6.02. The molecule has 0 aliphatic heterocycles. The molecule has 0 aromatic heterocycles. The number of unbranched alkanes of at least 4 members (excludes halogenated alkanes) is 3. The molecule has 0 saturated carbocycles. The van der Waals surface area contributed by atoms with Gasteiger partial charge in [0.25, 0.3) is 0 Å². The maximum absolute atomic E-state index is 12.1. The predicted molar refractivity (Wildman–Crippen MR) is 106 cm³/mol. The number of carbonyl (C=O) groups is 1. The average Bonchev–Trinajstić information content (AvgIpc) is 2.57. The van der Waals surface area contributed by atoms with Crippen LogP contribution in [-0.2, 0) is 16.0 Å². The molecule has 3 nitrogen and oxygen atoms in total. The Kier molecular flexibility index (Phi) is 9.81. The molecule has 1 amide bonds. The van der Waals surface area contributed by atoms with Gasteiger partial charge >= 0.3 is 0 Å². The zero-order valence-electron chi connectivity index (χ0n) is 16.8. The quantitative estimate of drug-likeness (QED) is 0.563. The zero-order valence-corrected chi connectivity index (χ0v) is 16.8. The van der Waals surface area contributed by atoms with Gasteiger partial charge in [-0.1, -0.05) is 70.9 Å². The van der Waals surface area contributed by atoms with Gasteiger partial charge in [0.05, 0.1) is 12.1 Å². The molecule has 0 heterocycles. The van der Waals surface area contributed by atoms with Crippen LogP contribution in [-0.4, -0.2) is 24.7 Å². The third kappa shape index (κ3) is 9.06. The highest BCUT2D eigenvalue weighted by atomic mass is 16.5. The maximum Gasteiger partial charge on any atom is 0.225 e. The lowest BCUT2D eigenvalue weighted by molar-refractivity contribution is -0.130. The Balaban J connectivity index is 2.14. The van der Waals surface area contributed by atoms with E-state index >= 15 is 0 Å². The van der Waals surface area contributed by atoms with E-state index < -0.39 is 0 Å². The first kappa shape index (κ1) is 21.7. The topological polar surface area (TPSA) is 38.3 Å². The highest BCUT2D eigenvalue weighted by Gasteiger charge is 2.25. The minimum absolute atomic E-state index is 0.0507. The molecule has 1 aromatic carbocycles. The molecule has 0 spiro atoms. The summed E-state index contributed by atoms with van der Waals surface area (Å²) in [4.78, 5) is 12.1. The average molecular weight is 348 g/mol. The highest BCUT2D eigenvalue weighted by molar-refractivity contribution is 5.81. The summed E-state index contributed by atoms with van der Waals surface area (Å²) in [7, 11) is 0. The first-order chi connectivity index (χ1) is 11.8. The lowest BCUT2D eigenvalue weighted by Crippen LogP contribution is -2.46. The van der Waals surface area contributed by atoms with Crippen LogP contribution in [0.2, 0.25) is 0 Å². The highest BCUT2D eigenvalue weighted by Crippen LogP contribution is 2.15. The molecule has 2 unspecified atom stereocenters. The normalized spacial score (nSPS) is 14.1. The Bertz CT molecular complexity index is 479. The van der Waals surface area contributed by atoms with Gasteiger partial charge in [-0.15, -0.1) is 0 Å². The Morgan fingerprint density at radius 3 is 2.32 bits per heavy atom. The Morgan fingerprint density at radius 1 is 1.08 bits per heavy atom. The molecule has 2 atom stereocenters. The van der Waals surface area contributed by atoms with Crippen molar-refractivity contribution in [2.24, 2.45) is 5.41 Å². The van der Waals surface area contributed by atoms with Gasteiger partial charge in [-0.2, -0.15) is 0 Å². The molecule has 1 N–H and O–H groups in total. The lowest BCUT2D eigenvalue weighted by atomic mass is 9.95. The molecule has 0 aliphatic rings. The van der Waals surface area contributed by atoms with Crippen molar-refractivity contribution in [3.05, 3.63) is 35.9 Å². The number of ether oxygens (including phenoxy) is 1. The lowest BCUT2D eigenvalue weighted by Gasteiger charge is -2.27. The zero-order chi connectivity index (χ0) is 18.7. The fourth-order valence-electron chi connectivity index (χ4n) is 2.80. The summed E-state index contributed by atoms with van der Waals surface area (Å²) in [5, 5.41) is 3.09. The molecule has 25 heavy (non-hydrogen) atoms. The number of hydrogen-bond acceptors (Lipinski definition) is 2. The molecule has 1 aromatic rings. The minimum Gasteiger partial charge on any atom is -0.376 e. The van der Waals surface area contributed by atoms with Crippen LogP contribution >= 0.6 is 0 Å². The number of benzene rings is 1. The van der Waals surface area contributed by atoms with Gasteiger partial charge in [0.2, 0.25) is 5.91 Å². The van der Waals surface area contributed by atoms with Crippen molar-refractivity contribution in [3.8, 4) is 0 Å². The first-order valence-corrected chi connectivity index (χ1v) is 9.81. The Morgan fingerprint density at radius 2 is 1.72 bits per heavy atom. The van der Waals surface area contributed by atoms with Crippen LogP contribution in [0.3, 0.4) is 0 Å². The molecule has 1 rings (SSSR count). The van der Waals surface area contributed by atoms with Crippen molar-refractivity contribution in [3.63, 3.8) is 0 Å². The second-order valence-electron chi connectivity index (χ2n) is 7.98. The van der Waals surface area contributed by atoms with Gasteiger partial charge in [0, 0.05) is 12.0 Å². The molecule has 142 valence electrons. The number of carbonyl (C=O) groups excluding carboxylic acids is 1. The van der Waals surface area contributed by atoms with Gasteiger partial charge in [0.1, 0.15) is 0 Å². The summed E-state index contributed by atoms with van der Waals surface area (Å²) in [6.07, 6.45) is 6.94. The van der Waals surface area contributed by atoms with E-state index in [4.69, 9.17) is 4.74 Å². The van der Waals surface area contributed by atoms with E-state index in [1.165, 1.54) is 24.8 Å². The van der Waals surface area contributed by atoms with Gasteiger partial charge in [-0.05, 0) is 38.2 Å². The van der Waals surface area contributed by atoms with Crippen LogP contribution in [0, 0.1) is 5.41 Å². The van der Waals surface area contributed by atoms with Crippen molar-refractivity contribution in [1.82, 2.24) is 5.32 Å². The Hall–Kier alpha value is -1.35. The van der Waals surface area contributed by atoms with Gasteiger partial charge in [-0.3, -0.25) is 4.79 Å². The van der Waals surface area contributed by atoms with Crippen molar-refractivity contribution >= 4 is 5.91 Å². The molecule has 0 aliphatic carbocycles. The number of rotatable bonds is 11. The fourth-order valence-corrected chi connectivity index (χ4v) is 2.80. The van der Waals surface area contributed by atoms with Crippen molar-refractivity contribution in [2.45, 2.75) is 85.3 Å².